The SMILES string of the molecule is C=CC(C)(CBr)Cc1ccc(C(F)(F)F)cc1. The van der Waals surface area contributed by atoms with Gasteiger partial charge in [-0.2, -0.15) is 13.2 Å². The summed E-state index contributed by atoms with van der Waals surface area (Å²) < 4.78 is 37.1. The zero-order valence-electron chi connectivity index (χ0n) is 9.52. The van der Waals surface area contributed by atoms with Crippen molar-refractivity contribution in [1.29, 1.82) is 0 Å². The number of benzene rings is 1. The van der Waals surface area contributed by atoms with E-state index in [9.17, 15) is 13.2 Å². The Bertz CT molecular complexity index is 381. The smallest absolute Gasteiger partial charge is 0.166 e. The fourth-order valence-electron chi connectivity index (χ4n) is 1.45. The maximum absolute atomic E-state index is 12.4. The summed E-state index contributed by atoms with van der Waals surface area (Å²) in [6.07, 6.45) is -1.78. The van der Waals surface area contributed by atoms with Gasteiger partial charge in [0.15, 0.2) is 0 Å². The van der Waals surface area contributed by atoms with Gasteiger partial charge < -0.3 is 0 Å². The predicted octanol–water partition coefficient (Wildman–Crippen LogP) is 4.84. The van der Waals surface area contributed by atoms with Crippen molar-refractivity contribution in [3.05, 3.63) is 48.0 Å². The van der Waals surface area contributed by atoms with Gasteiger partial charge in [-0.1, -0.05) is 41.1 Å². The van der Waals surface area contributed by atoms with Crippen molar-refractivity contribution in [3.63, 3.8) is 0 Å². The van der Waals surface area contributed by atoms with Crippen LogP contribution in [0, 0.1) is 5.41 Å². The van der Waals surface area contributed by atoms with E-state index in [2.05, 4.69) is 22.5 Å². The van der Waals surface area contributed by atoms with Gasteiger partial charge in [0, 0.05) is 5.33 Å². The molecule has 0 aromatic heterocycles. The van der Waals surface area contributed by atoms with Crippen molar-refractivity contribution in [1.82, 2.24) is 0 Å². The van der Waals surface area contributed by atoms with E-state index in [1.807, 2.05) is 13.0 Å². The van der Waals surface area contributed by atoms with Gasteiger partial charge in [0.05, 0.1) is 5.56 Å². The predicted molar refractivity (Wildman–Crippen MR) is 67.2 cm³/mol. The minimum atomic E-state index is -4.27. The summed E-state index contributed by atoms with van der Waals surface area (Å²) in [4.78, 5) is 0. The minimum Gasteiger partial charge on any atom is -0.166 e. The molecule has 0 heterocycles. The lowest BCUT2D eigenvalue weighted by atomic mass is 9.86. The lowest BCUT2D eigenvalue weighted by molar-refractivity contribution is -0.137. The van der Waals surface area contributed by atoms with Gasteiger partial charge in [0.25, 0.3) is 0 Å². The second kappa shape index (κ2) is 5.25. The molecule has 0 bridgehead atoms. The Balaban J connectivity index is 2.86. The third kappa shape index (κ3) is 3.87. The van der Waals surface area contributed by atoms with Gasteiger partial charge in [-0.25, -0.2) is 0 Å². The second-order valence-corrected chi connectivity index (χ2v) is 4.92. The summed E-state index contributed by atoms with van der Waals surface area (Å²) in [7, 11) is 0. The topological polar surface area (TPSA) is 0 Å². The molecule has 17 heavy (non-hydrogen) atoms. The van der Waals surface area contributed by atoms with Crippen molar-refractivity contribution in [2.75, 3.05) is 5.33 Å². The van der Waals surface area contributed by atoms with Crippen LogP contribution in [0.3, 0.4) is 0 Å². The summed E-state index contributed by atoms with van der Waals surface area (Å²) in [6.45, 7) is 5.75. The maximum atomic E-state index is 12.4. The molecule has 1 atom stereocenters. The van der Waals surface area contributed by atoms with Crippen LogP contribution in [-0.4, -0.2) is 5.33 Å². The van der Waals surface area contributed by atoms with Crippen molar-refractivity contribution in [3.8, 4) is 0 Å². The van der Waals surface area contributed by atoms with Crippen LogP contribution in [0.15, 0.2) is 36.9 Å². The molecular formula is C13H14BrF3. The van der Waals surface area contributed by atoms with E-state index < -0.39 is 11.7 Å². The molecule has 0 aliphatic rings. The average molecular weight is 307 g/mol. The van der Waals surface area contributed by atoms with Gasteiger partial charge in [0.2, 0.25) is 0 Å². The van der Waals surface area contributed by atoms with Gasteiger partial charge in [-0.05, 0) is 29.5 Å². The monoisotopic (exact) mass is 306 g/mol. The van der Waals surface area contributed by atoms with Crippen LogP contribution in [0.25, 0.3) is 0 Å². The standard InChI is InChI=1S/C13H14BrF3/c1-3-12(2,9-14)8-10-4-6-11(7-5-10)13(15,16)17/h3-7H,1,8-9H2,2H3. The number of hydrogen-bond donors (Lipinski definition) is 0. The molecule has 0 aliphatic carbocycles. The molecule has 0 N–H and O–H groups in total. The molecule has 0 radical (unpaired) electrons. The fraction of sp³-hybridized carbons (Fsp3) is 0.385. The van der Waals surface area contributed by atoms with E-state index in [1.54, 1.807) is 0 Å². The first kappa shape index (κ1) is 14.3. The van der Waals surface area contributed by atoms with E-state index in [-0.39, 0.29) is 5.41 Å². The zero-order valence-corrected chi connectivity index (χ0v) is 11.1. The molecule has 1 rings (SSSR count). The molecule has 0 nitrogen and oxygen atoms in total. The number of alkyl halides is 4. The molecule has 1 aromatic rings. The maximum Gasteiger partial charge on any atom is 0.416 e. The first-order valence-electron chi connectivity index (χ1n) is 5.16. The largest absolute Gasteiger partial charge is 0.416 e. The molecule has 4 heteroatoms. The van der Waals surface area contributed by atoms with Crippen LogP contribution in [0.5, 0.6) is 0 Å². The summed E-state index contributed by atoms with van der Waals surface area (Å²) in [5, 5.41) is 0.727. The van der Waals surface area contributed by atoms with Crippen molar-refractivity contribution < 1.29 is 13.2 Å². The Kier molecular flexibility index (Phi) is 4.42. The van der Waals surface area contributed by atoms with E-state index in [1.165, 1.54) is 12.1 Å². The van der Waals surface area contributed by atoms with E-state index >= 15 is 0 Å². The summed E-state index contributed by atoms with van der Waals surface area (Å²) in [5.74, 6) is 0. The Hall–Kier alpha value is -0.770. The van der Waals surface area contributed by atoms with Crippen LogP contribution in [0.2, 0.25) is 0 Å². The number of hydrogen-bond acceptors (Lipinski definition) is 0. The Morgan fingerprint density at radius 1 is 1.24 bits per heavy atom. The van der Waals surface area contributed by atoms with Crippen LogP contribution in [0.4, 0.5) is 13.2 Å². The fourth-order valence-corrected chi connectivity index (χ4v) is 1.88. The number of allylic oxidation sites excluding steroid dienone is 1. The molecular weight excluding hydrogens is 293 g/mol. The molecule has 0 saturated carbocycles. The Morgan fingerprint density at radius 3 is 2.12 bits per heavy atom. The highest BCUT2D eigenvalue weighted by Gasteiger charge is 2.30. The Morgan fingerprint density at radius 2 is 1.76 bits per heavy atom. The first-order valence-corrected chi connectivity index (χ1v) is 6.28. The number of halogens is 4. The number of rotatable bonds is 4. The first-order chi connectivity index (χ1) is 7.80. The third-order valence-corrected chi connectivity index (χ3v) is 3.97. The zero-order chi connectivity index (χ0) is 13.1. The molecule has 0 spiro atoms. The van der Waals surface area contributed by atoms with E-state index in [0.717, 1.165) is 23.0 Å². The van der Waals surface area contributed by atoms with E-state index in [0.29, 0.717) is 6.42 Å². The van der Waals surface area contributed by atoms with Crippen molar-refractivity contribution >= 4 is 15.9 Å². The molecule has 0 saturated heterocycles. The average Bonchev–Trinajstić information content (AvgIpc) is 2.28. The normalized spacial score (nSPS) is 15.4. The molecule has 0 fully saturated rings. The summed E-state index contributed by atoms with van der Waals surface area (Å²) in [5.41, 5.74) is 0.125. The minimum absolute atomic E-state index is 0.139. The highest BCUT2D eigenvalue weighted by molar-refractivity contribution is 9.09. The van der Waals surface area contributed by atoms with Crippen LogP contribution >= 0.6 is 15.9 Å². The highest BCUT2D eigenvalue weighted by Crippen LogP contribution is 2.31. The van der Waals surface area contributed by atoms with Crippen LogP contribution in [0.1, 0.15) is 18.1 Å². The second-order valence-electron chi connectivity index (χ2n) is 4.36. The molecule has 0 amide bonds. The van der Waals surface area contributed by atoms with Gasteiger partial charge in [-0.15, -0.1) is 6.58 Å². The molecule has 1 aromatic carbocycles. The van der Waals surface area contributed by atoms with Crippen LogP contribution in [-0.2, 0) is 12.6 Å². The highest BCUT2D eigenvalue weighted by atomic mass is 79.9. The van der Waals surface area contributed by atoms with Gasteiger partial charge in [-0.3, -0.25) is 0 Å². The summed E-state index contributed by atoms with van der Waals surface area (Å²) in [6, 6.07) is 5.28. The van der Waals surface area contributed by atoms with Crippen LogP contribution < -0.4 is 0 Å². The summed E-state index contributed by atoms with van der Waals surface area (Å²) >= 11 is 3.38. The van der Waals surface area contributed by atoms with Gasteiger partial charge in [0.1, 0.15) is 0 Å². The van der Waals surface area contributed by atoms with Crippen molar-refractivity contribution in [2.45, 2.75) is 19.5 Å². The quantitative estimate of drug-likeness (QED) is 0.552. The van der Waals surface area contributed by atoms with Gasteiger partial charge >= 0.3 is 6.18 Å². The Labute approximate surface area is 108 Å². The molecule has 1 unspecified atom stereocenters. The lowest BCUT2D eigenvalue weighted by Gasteiger charge is -2.23. The molecule has 0 aliphatic heterocycles. The third-order valence-electron chi connectivity index (χ3n) is 2.69. The molecule has 94 valence electrons. The van der Waals surface area contributed by atoms with Crippen molar-refractivity contribution in [2.24, 2.45) is 5.41 Å². The lowest BCUT2D eigenvalue weighted by Crippen LogP contribution is -2.18. The van der Waals surface area contributed by atoms with E-state index in [4.69, 9.17) is 0 Å².